The van der Waals surface area contributed by atoms with E-state index in [4.69, 9.17) is 23.2 Å². The lowest BCUT2D eigenvalue weighted by atomic mass is 10.2. The summed E-state index contributed by atoms with van der Waals surface area (Å²) in [5.41, 5.74) is 2.45. The van der Waals surface area contributed by atoms with Gasteiger partial charge in [-0.2, -0.15) is 5.10 Å². The summed E-state index contributed by atoms with van der Waals surface area (Å²) in [6.45, 7) is 3.11. The quantitative estimate of drug-likeness (QED) is 0.663. The number of para-hydroxylation sites is 1. The minimum absolute atomic E-state index is 0.210. The summed E-state index contributed by atoms with van der Waals surface area (Å²) in [4.78, 5) is 23.9. The average molecular weight is 403 g/mol. The van der Waals surface area contributed by atoms with E-state index < -0.39 is 5.91 Å². The zero-order valence-corrected chi connectivity index (χ0v) is 16.1. The van der Waals surface area contributed by atoms with Crippen LogP contribution in [0.1, 0.15) is 23.0 Å². The molecule has 0 fully saturated rings. The standard InChI is InChI=1S/C19H16Cl2N4O2/c1-11-17(18(21)25(24-11)14-6-4-3-5-7-14)19(27)23-16-9-8-13(10-15(16)20)22-12(2)26/h3-10H,1-2H3,(H,22,26)(H,23,27). The molecule has 2 aromatic carbocycles. The Labute approximate surface area is 166 Å². The number of halogens is 2. The van der Waals surface area contributed by atoms with Crippen LogP contribution >= 0.6 is 23.2 Å². The van der Waals surface area contributed by atoms with E-state index in [0.29, 0.717) is 22.1 Å². The summed E-state index contributed by atoms with van der Waals surface area (Å²) in [7, 11) is 0. The molecule has 27 heavy (non-hydrogen) atoms. The molecular weight excluding hydrogens is 387 g/mol. The maximum Gasteiger partial charge on any atom is 0.260 e. The molecule has 2 amide bonds. The summed E-state index contributed by atoms with van der Waals surface area (Å²) >= 11 is 12.6. The fraction of sp³-hybridized carbons (Fsp3) is 0.105. The van der Waals surface area contributed by atoms with Gasteiger partial charge in [-0.25, -0.2) is 4.68 Å². The number of benzene rings is 2. The highest BCUT2D eigenvalue weighted by Gasteiger charge is 2.21. The summed E-state index contributed by atoms with van der Waals surface area (Å²) in [5.74, 6) is -0.632. The van der Waals surface area contributed by atoms with Crippen molar-refractivity contribution in [2.45, 2.75) is 13.8 Å². The Hall–Kier alpha value is -2.83. The number of anilines is 2. The van der Waals surface area contributed by atoms with Gasteiger partial charge in [0.15, 0.2) is 0 Å². The number of carbonyl (C=O) groups excluding carboxylic acids is 2. The van der Waals surface area contributed by atoms with Crippen LogP contribution in [0.25, 0.3) is 5.69 Å². The van der Waals surface area contributed by atoms with Crippen molar-refractivity contribution in [3.05, 3.63) is 70.0 Å². The third-order valence-electron chi connectivity index (χ3n) is 3.77. The van der Waals surface area contributed by atoms with E-state index in [-0.39, 0.29) is 16.6 Å². The first kappa shape index (κ1) is 18.9. The monoisotopic (exact) mass is 402 g/mol. The number of aromatic nitrogens is 2. The number of nitrogens with one attached hydrogen (secondary N) is 2. The minimum atomic E-state index is -0.422. The van der Waals surface area contributed by atoms with E-state index in [1.807, 2.05) is 30.3 Å². The lowest BCUT2D eigenvalue weighted by Crippen LogP contribution is -2.14. The first-order chi connectivity index (χ1) is 12.9. The number of hydrogen-bond acceptors (Lipinski definition) is 3. The van der Waals surface area contributed by atoms with Crippen molar-refractivity contribution in [1.82, 2.24) is 9.78 Å². The van der Waals surface area contributed by atoms with Gasteiger partial charge >= 0.3 is 0 Å². The molecule has 3 aromatic rings. The van der Waals surface area contributed by atoms with Gasteiger partial charge in [-0.1, -0.05) is 41.4 Å². The molecule has 0 saturated heterocycles. The highest BCUT2D eigenvalue weighted by molar-refractivity contribution is 6.36. The largest absolute Gasteiger partial charge is 0.326 e. The van der Waals surface area contributed by atoms with Gasteiger partial charge in [0.25, 0.3) is 5.91 Å². The summed E-state index contributed by atoms with van der Waals surface area (Å²) in [6.07, 6.45) is 0. The summed E-state index contributed by atoms with van der Waals surface area (Å²) < 4.78 is 1.51. The van der Waals surface area contributed by atoms with E-state index in [1.165, 1.54) is 11.6 Å². The second-order valence-electron chi connectivity index (χ2n) is 5.83. The molecule has 6 nitrogen and oxygen atoms in total. The summed E-state index contributed by atoms with van der Waals surface area (Å²) in [5, 5.41) is 10.2. The van der Waals surface area contributed by atoms with Crippen LogP contribution in [0.3, 0.4) is 0 Å². The minimum Gasteiger partial charge on any atom is -0.326 e. The Kier molecular flexibility index (Phi) is 5.48. The fourth-order valence-electron chi connectivity index (χ4n) is 2.58. The van der Waals surface area contributed by atoms with Crippen molar-refractivity contribution in [2.24, 2.45) is 0 Å². The lowest BCUT2D eigenvalue weighted by Gasteiger charge is -2.09. The van der Waals surface area contributed by atoms with Gasteiger partial charge in [-0.15, -0.1) is 0 Å². The molecule has 0 aliphatic heterocycles. The number of amides is 2. The van der Waals surface area contributed by atoms with E-state index in [0.717, 1.165) is 5.69 Å². The average Bonchev–Trinajstić information content (AvgIpc) is 2.92. The Morgan fingerprint density at radius 2 is 1.74 bits per heavy atom. The van der Waals surface area contributed by atoms with Gasteiger partial charge in [-0.05, 0) is 37.3 Å². The van der Waals surface area contributed by atoms with Crippen LogP contribution in [0.4, 0.5) is 11.4 Å². The highest BCUT2D eigenvalue weighted by atomic mass is 35.5. The third-order valence-corrected chi connectivity index (χ3v) is 4.43. The Morgan fingerprint density at radius 1 is 1.04 bits per heavy atom. The lowest BCUT2D eigenvalue weighted by molar-refractivity contribution is -0.114. The van der Waals surface area contributed by atoms with Crippen molar-refractivity contribution in [3.63, 3.8) is 0 Å². The SMILES string of the molecule is CC(=O)Nc1ccc(NC(=O)c2c(C)nn(-c3ccccc3)c2Cl)c(Cl)c1. The van der Waals surface area contributed by atoms with Crippen LogP contribution in [-0.2, 0) is 4.79 Å². The van der Waals surface area contributed by atoms with Gasteiger partial charge in [-0.3, -0.25) is 9.59 Å². The highest BCUT2D eigenvalue weighted by Crippen LogP contribution is 2.28. The first-order valence-electron chi connectivity index (χ1n) is 8.06. The molecule has 0 radical (unpaired) electrons. The van der Waals surface area contributed by atoms with Crippen molar-refractivity contribution in [3.8, 4) is 5.69 Å². The second-order valence-corrected chi connectivity index (χ2v) is 6.59. The molecule has 2 N–H and O–H groups in total. The predicted molar refractivity (Wildman–Crippen MR) is 107 cm³/mol. The molecule has 1 heterocycles. The van der Waals surface area contributed by atoms with Crippen molar-refractivity contribution >= 4 is 46.4 Å². The van der Waals surface area contributed by atoms with Gasteiger partial charge in [0.2, 0.25) is 5.91 Å². The van der Waals surface area contributed by atoms with E-state index >= 15 is 0 Å². The van der Waals surface area contributed by atoms with Crippen LogP contribution in [0, 0.1) is 6.92 Å². The van der Waals surface area contributed by atoms with Crippen LogP contribution in [-0.4, -0.2) is 21.6 Å². The van der Waals surface area contributed by atoms with Crippen LogP contribution in [0.2, 0.25) is 10.2 Å². The van der Waals surface area contributed by atoms with Crippen LogP contribution < -0.4 is 10.6 Å². The molecule has 0 spiro atoms. The molecule has 0 aliphatic rings. The third kappa shape index (κ3) is 4.13. The van der Waals surface area contributed by atoms with E-state index in [1.54, 1.807) is 25.1 Å². The van der Waals surface area contributed by atoms with Crippen molar-refractivity contribution in [1.29, 1.82) is 0 Å². The number of hydrogen-bond donors (Lipinski definition) is 2. The summed E-state index contributed by atoms with van der Waals surface area (Å²) in [6, 6.07) is 14.1. The zero-order chi connectivity index (χ0) is 19.6. The number of carbonyl (C=O) groups is 2. The maximum atomic E-state index is 12.7. The van der Waals surface area contributed by atoms with Gasteiger partial charge in [0.05, 0.1) is 22.1 Å². The van der Waals surface area contributed by atoms with Gasteiger partial charge in [0.1, 0.15) is 10.7 Å². The molecule has 138 valence electrons. The zero-order valence-electron chi connectivity index (χ0n) is 14.6. The Balaban J connectivity index is 1.87. The topological polar surface area (TPSA) is 76.0 Å². The Morgan fingerprint density at radius 3 is 2.37 bits per heavy atom. The normalized spacial score (nSPS) is 10.5. The molecular formula is C19H16Cl2N4O2. The van der Waals surface area contributed by atoms with Crippen molar-refractivity contribution < 1.29 is 9.59 Å². The first-order valence-corrected chi connectivity index (χ1v) is 8.81. The van der Waals surface area contributed by atoms with Crippen LogP contribution in [0.15, 0.2) is 48.5 Å². The molecule has 1 aromatic heterocycles. The number of aryl methyl sites for hydroxylation is 1. The smallest absolute Gasteiger partial charge is 0.260 e. The molecule has 0 aliphatic carbocycles. The van der Waals surface area contributed by atoms with Gasteiger partial charge in [0, 0.05) is 12.6 Å². The predicted octanol–water partition coefficient (Wildman–Crippen LogP) is 4.70. The number of rotatable bonds is 4. The molecule has 0 bridgehead atoms. The number of nitrogens with zero attached hydrogens (tertiary/aromatic N) is 2. The molecule has 0 atom stereocenters. The molecule has 3 rings (SSSR count). The molecule has 0 unspecified atom stereocenters. The van der Waals surface area contributed by atoms with Crippen molar-refractivity contribution in [2.75, 3.05) is 10.6 Å². The maximum absolute atomic E-state index is 12.7. The van der Waals surface area contributed by atoms with Crippen LogP contribution in [0.5, 0.6) is 0 Å². The fourth-order valence-corrected chi connectivity index (χ4v) is 3.17. The van der Waals surface area contributed by atoms with Gasteiger partial charge < -0.3 is 10.6 Å². The molecule has 0 saturated carbocycles. The second kappa shape index (κ2) is 7.82. The molecule has 8 heteroatoms. The van der Waals surface area contributed by atoms with E-state index in [2.05, 4.69) is 15.7 Å². The Bertz CT molecular complexity index is 1020. The van der Waals surface area contributed by atoms with E-state index in [9.17, 15) is 9.59 Å².